The first-order valence-corrected chi connectivity index (χ1v) is 3.74. The molecule has 0 aliphatic carbocycles. The lowest BCUT2D eigenvalue weighted by atomic mass is 9.53. The van der Waals surface area contributed by atoms with Crippen LogP contribution in [0, 0.1) is 0 Å². The van der Waals surface area contributed by atoms with Crippen molar-refractivity contribution in [3.8, 4) is 0 Å². The first-order valence-electron chi connectivity index (χ1n) is 3.10. The summed E-state index contributed by atoms with van der Waals surface area (Å²) in [4.78, 5) is 0. The van der Waals surface area contributed by atoms with Crippen LogP contribution >= 0.6 is 12.6 Å². The Morgan fingerprint density at radius 3 is 2.30 bits per heavy atom. The fourth-order valence-electron chi connectivity index (χ4n) is 0.517. The number of thiol groups is 1. The van der Waals surface area contributed by atoms with Gasteiger partial charge in [-0.3, -0.25) is 4.39 Å². The lowest BCUT2D eigenvalue weighted by Gasteiger charge is -2.25. The van der Waals surface area contributed by atoms with Gasteiger partial charge in [0.05, 0.1) is 21.3 Å². The fourth-order valence-corrected chi connectivity index (χ4v) is 0.675. The third-order valence-corrected chi connectivity index (χ3v) is 1.59. The molecular formula is C5H8B3FS. The largest absolute Gasteiger partial charge is 0.256 e. The smallest absolute Gasteiger partial charge is 0.119 e. The molecule has 0 N–H and O–H groups in total. The Hall–Kier alpha value is 0.475. The van der Waals surface area contributed by atoms with Crippen molar-refractivity contribution in [2.75, 3.05) is 5.75 Å². The normalized spacial score (nSPS) is 17.1. The molecule has 0 aliphatic heterocycles. The van der Waals surface area contributed by atoms with Crippen LogP contribution in [0.4, 0.5) is 4.39 Å². The molecule has 0 spiro atoms. The maximum atomic E-state index is 12.9. The summed E-state index contributed by atoms with van der Waals surface area (Å²) in [7, 11) is 15.2. The maximum Gasteiger partial charge on any atom is 0.119 e. The molecule has 0 fully saturated rings. The molecule has 6 radical (unpaired) electrons. The van der Waals surface area contributed by atoms with E-state index in [1.165, 1.54) is 0 Å². The zero-order valence-electron chi connectivity index (χ0n) is 5.76. The summed E-state index contributed by atoms with van der Waals surface area (Å²) in [6.45, 7) is 0. The summed E-state index contributed by atoms with van der Waals surface area (Å²) >= 11 is 3.90. The van der Waals surface area contributed by atoms with Crippen LogP contribution in [0.15, 0.2) is 0 Å². The lowest BCUT2D eigenvalue weighted by molar-refractivity contribution is 0.272. The van der Waals surface area contributed by atoms with Gasteiger partial charge in [0.2, 0.25) is 0 Å². The molecule has 1 atom stereocenters. The summed E-state index contributed by atoms with van der Waals surface area (Å²) in [5.41, 5.74) is -3.05. The Bertz CT molecular complexity index is 96.9. The van der Waals surface area contributed by atoms with Crippen LogP contribution in [0.2, 0.25) is 5.72 Å². The Labute approximate surface area is 71.0 Å². The van der Waals surface area contributed by atoms with Crippen LogP contribution in [-0.2, 0) is 0 Å². The Kier molecular flexibility index (Phi) is 4.58. The molecule has 0 saturated carbocycles. The summed E-state index contributed by atoms with van der Waals surface area (Å²) < 4.78 is 12.9. The third kappa shape index (κ3) is 3.60. The van der Waals surface area contributed by atoms with Crippen molar-refractivity contribution >= 4 is 36.2 Å². The van der Waals surface area contributed by atoms with Crippen LogP contribution in [0.1, 0.15) is 12.8 Å². The SMILES string of the molecule is [B]C([B])C([B])(F)CCCS. The second-order valence-corrected chi connectivity index (χ2v) is 2.73. The van der Waals surface area contributed by atoms with Gasteiger partial charge in [0.25, 0.3) is 0 Å². The molecule has 0 rings (SSSR count). The van der Waals surface area contributed by atoms with Crippen molar-refractivity contribution < 1.29 is 4.39 Å². The summed E-state index contributed by atoms with van der Waals surface area (Å²) in [6.07, 6.45) is 0.745. The molecule has 0 aromatic rings. The number of rotatable bonds is 4. The molecule has 10 heavy (non-hydrogen) atoms. The highest BCUT2D eigenvalue weighted by Gasteiger charge is 2.24. The van der Waals surface area contributed by atoms with Gasteiger partial charge in [0.15, 0.2) is 0 Å². The van der Waals surface area contributed by atoms with Crippen molar-refractivity contribution in [2.24, 2.45) is 0 Å². The predicted molar refractivity (Wildman–Crippen MR) is 47.9 cm³/mol. The molecule has 0 aromatic carbocycles. The predicted octanol–water partition coefficient (Wildman–Crippen LogP) is 0.614. The minimum Gasteiger partial charge on any atom is -0.256 e. The van der Waals surface area contributed by atoms with E-state index in [-0.39, 0.29) is 6.42 Å². The fraction of sp³-hybridized carbons (Fsp3) is 1.00. The summed E-state index contributed by atoms with van der Waals surface area (Å²) in [5, 5.41) is 0. The minimum absolute atomic E-state index is 0.161. The average molecular weight is 152 g/mol. The van der Waals surface area contributed by atoms with Crippen molar-refractivity contribution in [3.05, 3.63) is 0 Å². The maximum absolute atomic E-state index is 12.9. The van der Waals surface area contributed by atoms with Gasteiger partial charge in [-0.05, 0) is 18.6 Å². The van der Waals surface area contributed by atoms with E-state index in [2.05, 4.69) is 12.6 Å². The van der Waals surface area contributed by atoms with Gasteiger partial charge >= 0.3 is 0 Å². The molecule has 0 aliphatic rings. The van der Waals surface area contributed by atoms with Gasteiger partial charge in [-0.15, -0.1) is 0 Å². The molecule has 0 aromatic heterocycles. The quantitative estimate of drug-likeness (QED) is 0.442. The molecule has 50 valence electrons. The van der Waals surface area contributed by atoms with E-state index >= 15 is 0 Å². The number of halogens is 1. The van der Waals surface area contributed by atoms with E-state index in [0.717, 1.165) is 0 Å². The average Bonchev–Trinajstić information content (AvgIpc) is 1.84. The molecule has 1 unspecified atom stereocenters. The topological polar surface area (TPSA) is 0 Å². The molecular weight excluding hydrogens is 144 g/mol. The standard InChI is InChI=1S/C5H8B3FS/c6-4(7)5(8,9)2-1-3-10/h4,10H,1-3H2. The van der Waals surface area contributed by atoms with Gasteiger partial charge in [-0.1, -0.05) is 5.72 Å². The second kappa shape index (κ2) is 4.37. The minimum atomic E-state index is -1.94. The molecule has 0 heterocycles. The first-order chi connectivity index (χ1) is 4.50. The molecule has 5 heteroatoms. The Balaban J connectivity index is 3.63. The number of hydrogen-bond donors (Lipinski definition) is 1. The summed E-state index contributed by atoms with van der Waals surface area (Å²) in [6, 6.07) is 0. The summed E-state index contributed by atoms with van der Waals surface area (Å²) in [5.74, 6) is 0.593. The van der Waals surface area contributed by atoms with Crippen molar-refractivity contribution in [2.45, 2.75) is 24.1 Å². The van der Waals surface area contributed by atoms with Crippen LogP contribution in [0.3, 0.4) is 0 Å². The van der Waals surface area contributed by atoms with E-state index in [4.69, 9.17) is 23.5 Å². The second-order valence-electron chi connectivity index (χ2n) is 2.28. The van der Waals surface area contributed by atoms with E-state index in [1.54, 1.807) is 0 Å². The highest BCUT2D eigenvalue weighted by Crippen LogP contribution is 2.23. The van der Waals surface area contributed by atoms with E-state index in [0.29, 0.717) is 12.2 Å². The number of hydrogen-bond acceptors (Lipinski definition) is 1. The van der Waals surface area contributed by atoms with Crippen molar-refractivity contribution in [1.82, 2.24) is 0 Å². The van der Waals surface area contributed by atoms with Gasteiger partial charge in [0, 0.05) is 0 Å². The van der Waals surface area contributed by atoms with Crippen molar-refractivity contribution in [1.29, 1.82) is 0 Å². The molecule has 0 amide bonds. The highest BCUT2D eigenvalue weighted by atomic mass is 32.1. The number of alkyl halides is 1. The van der Waals surface area contributed by atoms with Crippen LogP contribution < -0.4 is 0 Å². The molecule has 0 bridgehead atoms. The van der Waals surface area contributed by atoms with Gasteiger partial charge in [-0.25, -0.2) is 0 Å². The highest BCUT2D eigenvalue weighted by molar-refractivity contribution is 7.80. The van der Waals surface area contributed by atoms with Crippen LogP contribution in [0.25, 0.3) is 0 Å². The zero-order chi connectivity index (χ0) is 8.20. The first kappa shape index (κ1) is 10.5. The van der Waals surface area contributed by atoms with E-state index in [1.807, 2.05) is 0 Å². The van der Waals surface area contributed by atoms with Gasteiger partial charge < -0.3 is 0 Å². The van der Waals surface area contributed by atoms with Crippen LogP contribution in [0.5, 0.6) is 0 Å². The van der Waals surface area contributed by atoms with Gasteiger partial charge in [0.1, 0.15) is 7.85 Å². The zero-order valence-corrected chi connectivity index (χ0v) is 6.65. The third-order valence-electron chi connectivity index (χ3n) is 1.27. The monoisotopic (exact) mass is 152 g/mol. The van der Waals surface area contributed by atoms with Crippen LogP contribution in [-0.4, -0.2) is 34.9 Å². The molecule has 0 saturated heterocycles. The van der Waals surface area contributed by atoms with Crippen molar-refractivity contribution in [3.63, 3.8) is 0 Å². The van der Waals surface area contributed by atoms with E-state index < -0.39 is 11.3 Å². The lowest BCUT2D eigenvalue weighted by Crippen LogP contribution is -2.30. The Morgan fingerprint density at radius 2 is 2.00 bits per heavy atom. The van der Waals surface area contributed by atoms with Gasteiger partial charge in [-0.2, -0.15) is 12.6 Å². The Morgan fingerprint density at radius 1 is 1.50 bits per heavy atom. The van der Waals surface area contributed by atoms with E-state index in [9.17, 15) is 4.39 Å². The molecule has 0 nitrogen and oxygen atoms in total.